The van der Waals surface area contributed by atoms with Crippen molar-refractivity contribution in [3.05, 3.63) is 53.1 Å². The zero-order chi connectivity index (χ0) is 17.4. The van der Waals surface area contributed by atoms with E-state index in [2.05, 4.69) is 17.6 Å². The van der Waals surface area contributed by atoms with Crippen molar-refractivity contribution in [2.45, 2.75) is 19.8 Å². The summed E-state index contributed by atoms with van der Waals surface area (Å²) in [6.07, 6.45) is 2.16. The fraction of sp³-hybridized carbons (Fsp3) is 0.278. The van der Waals surface area contributed by atoms with Crippen molar-refractivity contribution in [3.8, 4) is 11.5 Å². The molecule has 0 aromatic heterocycles. The number of nitrogens with one attached hydrogen (secondary N) is 2. The smallest absolute Gasteiger partial charge is 0.321 e. The van der Waals surface area contributed by atoms with Crippen LogP contribution in [-0.2, 0) is 6.42 Å². The normalized spacial score (nSPS) is 10.1. The van der Waals surface area contributed by atoms with Gasteiger partial charge in [-0.25, -0.2) is 4.79 Å². The van der Waals surface area contributed by atoms with Crippen LogP contribution in [0.5, 0.6) is 11.5 Å². The number of methoxy groups -OCH3 is 1. The van der Waals surface area contributed by atoms with Crippen LogP contribution in [-0.4, -0.2) is 19.9 Å². The molecule has 0 aliphatic carbocycles. The van der Waals surface area contributed by atoms with Crippen LogP contribution in [0.15, 0.2) is 42.5 Å². The first-order chi connectivity index (χ1) is 11.6. The van der Waals surface area contributed by atoms with Crippen LogP contribution in [0.3, 0.4) is 0 Å². The molecule has 5 nitrogen and oxygen atoms in total. The zero-order valence-electron chi connectivity index (χ0n) is 13.8. The van der Waals surface area contributed by atoms with Crippen LogP contribution in [0.2, 0.25) is 5.02 Å². The van der Waals surface area contributed by atoms with E-state index in [1.165, 1.54) is 12.7 Å². The predicted molar refractivity (Wildman–Crippen MR) is 96.1 cm³/mol. The lowest BCUT2D eigenvalue weighted by molar-refractivity contribution is 0.234. The summed E-state index contributed by atoms with van der Waals surface area (Å²) in [4.78, 5) is 11.8. The largest absolute Gasteiger partial charge is 0.495 e. The molecule has 2 amide bonds. The molecule has 0 saturated carbocycles. The fourth-order valence-electron chi connectivity index (χ4n) is 2.15. The van der Waals surface area contributed by atoms with Gasteiger partial charge in [0.05, 0.1) is 12.1 Å². The minimum Gasteiger partial charge on any atom is -0.495 e. The Morgan fingerprint density at radius 3 is 2.54 bits per heavy atom. The Bertz CT molecular complexity index is 674. The number of amides is 2. The average Bonchev–Trinajstić information content (AvgIpc) is 2.57. The minimum absolute atomic E-state index is 0.0723. The first-order valence-corrected chi connectivity index (χ1v) is 8.10. The third-order valence-electron chi connectivity index (χ3n) is 3.34. The number of halogens is 1. The number of rotatable bonds is 7. The molecule has 0 bridgehead atoms. The van der Waals surface area contributed by atoms with Gasteiger partial charge in [0.25, 0.3) is 0 Å². The second-order valence-electron chi connectivity index (χ2n) is 5.16. The highest BCUT2D eigenvalue weighted by atomic mass is 35.5. The molecule has 0 spiro atoms. The van der Waals surface area contributed by atoms with E-state index < -0.39 is 0 Å². The molecule has 2 aromatic carbocycles. The number of anilines is 1. The molecule has 2 N–H and O–H groups in total. The quantitative estimate of drug-likeness (QED) is 0.726. The third-order valence-corrected chi connectivity index (χ3v) is 3.64. The molecule has 6 heteroatoms. The molecule has 0 heterocycles. The molecule has 0 saturated heterocycles. The first-order valence-electron chi connectivity index (χ1n) is 7.72. The molecule has 0 aliphatic rings. The van der Waals surface area contributed by atoms with Gasteiger partial charge in [-0.15, -0.1) is 0 Å². The maximum absolute atomic E-state index is 11.8. The van der Waals surface area contributed by atoms with Crippen LogP contribution in [0.4, 0.5) is 10.5 Å². The number of carbonyl (C=O) groups is 1. The number of carbonyl (C=O) groups excluding carboxylic acids is 1. The van der Waals surface area contributed by atoms with Gasteiger partial charge >= 0.3 is 6.03 Å². The van der Waals surface area contributed by atoms with Crippen molar-refractivity contribution in [1.82, 2.24) is 5.32 Å². The van der Waals surface area contributed by atoms with Crippen LogP contribution in [0.25, 0.3) is 0 Å². The number of ether oxygens (including phenoxy) is 2. The number of hydrogen-bond donors (Lipinski definition) is 2. The summed E-state index contributed by atoms with van der Waals surface area (Å²) in [5.41, 5.74) is 1.84. The van der Waals surface area contributed by atoms with Crippen molar-refractivity contribution in [1.29, 1.82) is 0 Å². The molecule has 0 fully saturated rings. The lowest BCUT2D eigenvalue weighted by atomic mass is 10.1. The van der Waals surface area contributed by atoms with Crippen molar-refractivity contribution in [2.75, 3.05) is 19.2 Å². The van der Waals surface area contributed by atoms with E-state index in [9.17, 15) is 4.79 Å². The molecular weight excluding hydrogens is 328 g/mol. The van der Waals surface area contributed by atoms with Gasteiger partial charge in [-0.05, 0) is 42.3 Å². The van der Waals surface area contributed by atoms with E-state index >= 15 is 0 Å². The maximum Gasteiger partial charge on any atom is 0.321 e. The Labute approximate surface area is 146 Å². The molecule has 0 aliphatic heterocycles. The molecule has 24 heavy (non-hydrogen) atoms. The third kappa shape index (κ3) is 5.35. The second kappa shape index (κ2) is 9.03. The number of aryl methyl sites for hydroxylation is 1. The Morgan fingerprint density at radius 2 is 1.92 bits per heavy atom. The summed E-state index contributed by atoms with van der Waals surface area (Å²) in [6.45, 7) is 2.21. The summed E-state index contributed by atoms with van der Waals surface area (Å²) in [6, 6.07) is 12.5. The van der Waals surface area contributed by atoms with Gasteiger partial charge in [-0.1, -0.05) is 37.1 Å². The fourth-order valence-corrected chi connectivity index (χ4v) is 2.40. The summed E-state index contributed by atoms with van der Waals surface area (Å²) < 4.78 is 10.6. The van der Waals surface area contributed by atoms with E-state index in [1.807, 2.05) is 24.3 Å². The van der Waals surface area contributed by atoms with Gasteiger partial charge in [0.1, 0.15) is 11.5 Å². The van der Waals surface area contributed by atoms with Crippen LogP contribution >= 0.6 is 11.6 Å². The van der Waals surface area contributed by atoms with Gasteiger partial charge < -0.3 is 20.1 Å². The number of hydrogen-bond acceptors (Lipinski definition) is 3. The predicted octanol–water partition coefficient (Wildman–Crippen LogP) is 4.46. The van der Waals surface area contributed by atoms with Crippen molar-refractivity contribution in [2.24, 2.45) is 0 Å². The number of benzene rings is 2. The van der Waals surface area contributed by atoms with Gasteiger partial charge in [0.15, 0.2) is 6.73 Å². The summed E-state index contributed by atoms with van der Waals surface area (Å²) in [5.74, 6) is 1.26. The van der Waals surface area contributed by atoms with E-state index in [1.54, 1.807) is 18.2 Å². The maximum atomic E-state index is 11.8. The molecule has 128 valence electrons. The monoisotopic (exact) mass is 348 g/mol. The van der Waals surface area contributed by atoms with E-state index in [4.69, 9.17) is 21.1 Å². The first kappa shape index (κ1) is 17.9. The van der Waals surface area contributed by atoms with Crippen molar-refractivity contribution in [3.63, 3.8) is 0 Å². The Morgan fingerprint density at radius 1 is 1.17 bits per heavy atom. The summed E-state index contributed by atoms with van der Waals surface area (Å²) >= 11 is 6.01. The lowest BCUT2D eigenvalue weighted by Crippen LogP contribution is -2.32. The highest BCUT2D eigenvalue weighted by Gasteiger charge is 2.05. The zero-order valence-corrected chi connectivity index (χ0v) is 14.5. The van der Waals surface area contributed by atoms with Gasteiger partial charge in [-0.3, -0.25) is 0 Å². The van der Waals surface area contributed by atoms with Gasteiger partial charge in [-0.2, -0.15) is 0 Å². The molecule has 2 aromatic rings. The van der Waals surface area contributed by atoms with Crippen molar-refractivity contribution < 1.29 is 14.3 Å². The second-order valence-corrected chi connectivity index (χ2v) is 5.57. The van der Waals surface area contributed by atoms with Gasteiger partial charge in [0, 0.05) is 5.69 Å². The van der Waals surface area contributed by atoms with Gasteiger partial charge in [0.2, 0.25) is 0 Å². The van der Waals surface area contributed by atoms with E-state index in [0.717, 1.165) is 12.8 Å². The van der Waals surface area contributed by atoms with Crippen molar-refractivity contribution >= 4 is 23.3 Å². The van der Waals surface area contributed by atoms with Crippen LogP contribution in [0, 0.1) is 0 Å². The Hall–Kier alpha value is -2.40. The van der Waals surface area contributed by atoms with Crippen LogP contribution in [0.1, 0.15) is 18.9 Å². The minimum atomic E-state index is -0.376. The topological polar surface area (TPSA) is 59.6 Å². The molecule has 0 unspecified atom stereocenters. The summed E-state index contributed by atoms with van der Waals surface area (Å²) in [7, 11) is 1.53. The molecule has 0 radical (unpaired) electrons. The lowest BCUT2D eigenvalue weighted by Gasteiger charge is -2.11. The Balaban J connectivity index is 1.77. The van der Waals surface area contributed by atoms with E-state index in [-0.39, 0.29) is 12.8 Å². The number of urea groups is 1. The highest BCUT2D eigenvalue weighted by molar-refractivity contribution is 6.32. The molecular formula is C18H21ClN2O3. The summed E-state index contributed by atoms with van der Waals surface area (Å²) in [5, 5.41) is 5.73. The van der Waals surface area contributed by atoms with E-state index in [0.29, 0.717) is 22.2 Å². The highest BCUT2D eigenvalue weighted by Crippen LogP contribution is 2.27. The standard InChI is InChI=1S/C18H21ClN2O3/c1-3-4-13-5-8-15(9-6-13)24-12-20-18(22)21-14-7-10-17(23-2)16(19)11-14/h5-11H,3-4,12H2,1-2H3,(H2,20,21,22). The molecule has 0 atom stereocenters. The average molecular weight is 349 g/mol. The van der Waals surface area contributed by atoms with Crippen LogP contribution < -0.4 is 20.1 Å². The Kier molecular flexibility index (Phi) is 6.75. The molecule has 2 rings (SSSR count). The SMILES string of the molecule is CCCc1ccc(OCNC(=O)Nc2ccc(OC)c(Cl)c2)cc1.